The molecule has 21 heavy (non-hydrogen) atoms. The molecule has 0 unspecified atom stereocenters. The molecule has 0 aliphatic rings. The molecule has 0 radical (unpaired) electrons. The van der Waals surface area contributed by atoms with Crippen molar-refractivity contribution in [3.63, 3.8) is 0 Å². The number of carbonyl (C=O) groups is 1. The minimum atomic E-state index is -0.574. The number of hydrogen-bond donors (Lipinski definition) is 2. The third-order valence-electron chi connectivity index (χ3n) is 2.86. The van der Waals surface area contributed by atoms with Crippen molar-refractivity contribution >= 4 is 28.8 Å². The number of amides is 1. The van der Waals surface area contributed by atoms with E-state index in [2.05, 4.69) is 5.32 Å². The number of carbonyl (C=O) groups excluding carboxylic acids is 1. The van der Waals surface area contributed by atoms with Crippen LogP contribution in [-0.2, 0) is 0 Å². The predicted octanol–water partition coefficient (Wildman–Crippen LogP) is 2.72. The largest absolute Gasteiger partial charge is 0.497 e. The van der Waals surface area contributed by atoms with Gasteiger partial charge in [0.25, 0.3) is 5.91 Å². The Balaban J connectivity index is 2.27. The summed E-state index contributed by atoms with van der Waals surface area (Å²) in [5.74, 6) is -0.322. The third kappa shape index (κ3) is 3.35. The number of thiocarbonyl (C=S) groups is 1. The number of nitrogens with two attached hydrogens (primary N) is 1. The molecular weight excluding hydrogens is 291 g/mol. The summed E-state index contributed by atoms with van der Waals surface area (Å²) in [6.07, 6.45) is 0. The van der Waals surface area contributed by atoms with Crippen LogP contribution < -0.4 is 15.8 Å². The van der Waals surface area contributed by atoms with Crippen molar-refractivity contribution in [3.05, 3.63) is 59.4 Å². The lowest BCUT2D eigenvalue weighted by molar-refractivity contribution is 0.102. The Bertz CT molecular complexity index is 687. The van der Waals surface area contributed by atoms with Crippen molar-refractivity contribution < 1.29 is 13.9 Å². The second-order valence-electron chi connectivity index (χ2n) is 4.21. The fourth-order valence-corrected chi connectivity index (χ4v) is 2.02. The summed E-state index contributed by atoms with van der Waals surface area (Å²) < 4.78 is 18.7. The highest BCUT2D eigenvalue weighted by atomic mass is 32.1. The standard InChI is InChI=1S/C15H13FN2O2S/c1-20-10-7-5-9(6-8-10)15(19)18-12-4-2-3-11(16)13(12)14(17)21/h2-8H,1H3,(H2,17,21)(H,18,19). The van der Waals surface area contributed by atoms with E-state index in [4.69, 9.17) is 22.7 Å². The summed E-state index contributed by atoms with van der Waals surface area (Å²) in [4.78, 5) is 12.0. The fraction of sp³-hybridized carbons (Fsp3) is 0.0667. The Hall–Kier alpha value is -2.47. The highest BCUT2D eigenvalue weighted by Crippen LogP contribution is 2.20. The molecule has 1 amide bonds. The SMILES string of the molecule is COc1ccc(C(=O)Nc2cccc(F)c2C(N)=S)cc1. The molecular formula is C15H13FN2O2S. The monoisotopic (exact) mass is 304 g/mol. The average molecular weight is 304 g/mol. The average Bonchev–Trinajstić information content (AvgIpc) is 2.47. The van der Waals surface area contributed by atoms with Gasteiger partial charge in [0.05, 0.1) is 18.4 Å². The van der Waals surface area contributed by atoms with Gasteiger partial charge in [0.2, 0.25) is 0 Å². The van der Waals surface area contributed by atoms with Gasteiger partial charge in [-0.15, -0.1) is 0 Å². The molecule has 2 rings (SSSR count). The lowest BCUT2D eigenvalue weighted by atomic mass is 10.1. The van der Waals surface area contributed by atoms with Gasteiger partial charge in [0, 0.05) is 5.56 Å². The van der Waals surface area contributed by atoms with Crippen LogP contribution in [0.3, 0.4) is 0 Å². The Morgan fingerprint density at radius 2 is 1.90 bits per heavy atom. The molecule has 2 aromatic carbocycles. The zero-order chi connectivity index (χ0) is 15.4. The maximum absolute atomic E-state index is 13.7. The molecule has 0 aromatic heterocycles. The summed E-state index contributed by atoms with van der Waals surface area (Å²) in [5.41, 5.74) is 6.16. The van der Waals surface area contributed by atoms with Crippen LogP contribution in [0.2, 0.25) is 0 Å². The highest BCUT2D eigenvalue weighted by Gasteiger charge is 2.14. The first kappa shape index (κ1) is 14.9. The van der Waals surface area contributed by atoms with Crippen molar-refractivity contribution in [1.29, 1.82) is 0 Å². The van der Waals surface area contributed by atoms with Crippen LogP contribution in [0.1, 0.15) is 15.9 Å². The normalized spacial score (nSPS) is 10.0. The van der Waals surface area contributed by atoms with Crippen LogP contribution >= 0.6 is 12.2 Å². The Morgan fingerprint density at radius 1 is 1.24 bits per heavy atom. The Kier molecular flexibility index (Phi) is 4.49. The zero-order valence-corrected chi connectivity index (χ0v) is 12.0. The first-order valence-corrected chi connectivity index (χ1v) is 6.47. The number of hydrogen-bond acceptors (Lipinski definition) is 3. The molecule has 6 heteroatoms. The molecule has 108 valence electrons. The van der Waals surface area contributed by atoms with Crippen LogP contribution in [-0.4, -0.2) is 18.0 Å². The molecule has 0 spiro atoms. The van der Waals surface area contributed by atoms with Crippen LogP contribution in [0.4, 0.5) is 10.1 Å². The first-order chi connectivity index (χ1) is 10.0. The minimum absolute atomic E-state index is 0.0226. The molecule has 0 atom stereocenters. The number of rotatable bonds is 4. The maximum atomic E-state index is 13.7. The van der Waals surface area contributed by atoms with Gasteiger partial charge in [-0.25, -0.2) is 4.39 Å². The number of benzene rings is 2. The lowest BCUT2D eigenvalue weighted by Crippen LogP contribution is -2.19. The van der Waals surface area contributed by atoms with E-state index in [-0.39, 0.29) is 22.1 Å². The minimum Gasteiger partial charge on any atom is -0.497 e. The molecule has 0 bridgehead atoms. The summed E-state index contributed by atoms with van der Waals surface area (Å²) in [7, 11) is 1.54. The van der Waals surface area contributed by atoms with Gasteiger partial charge in [-0.1, -0.05) is 18.3 Å². The maximum Gasteiger partial charge on any atom is 0.255 e. The summed E-state index contributed by atoms with van der Waals surface area (Å²) in [6, 6.07) is 10.8. The summed E-state index contributed by atoms with van der Waals surface area (Å²) in [6.45, 7) is 0. The van der Waals surface area contributed by atoms with Gasteiger partial charge in [-0.3, -0.25) is 4.79 Å². The summed E-state index contributed by atoms with van der Waals surface area (Å²) in [5, 5.41) is 2.60. The van der Waals surface area contributed by atoms with Crippen LogP contribution in [0.5, 0.6) is 5.75 Å². The third-order valence-corrected chi connectivity index (χ3v) is 3.06. The smallest absolute Gasteiger partial charge is 0.255 e. The number of methoxy groups -OCH3 is 1. The van der Waals surface area contributed by atoms with E-state index in [9.17, 15) is 9.18 Å². The molecule has 3 N–H and O–H groups in total. The molecule has 0 heterocycles. The number of nitrogens with one attached hydrogen (secondary N) is 1. The second-order valence-corrected chi connectivity index (χ2v) is 4.65. The fourth-order valence-electron chi connectivity index (χ4n) is 1.82. The molecule has 0 aliphatic heterocycles. The highest BCUT2D eigenvalue weighted by molar-refractivity contribution is 7.80. The lowest BCUT2D eigenvalue weighted by Gasteiger charge is -2.11. The summed E-state index contributed by atoms with van der Waals surface area (Å²) >= 11 is 4.81. The van der Waals surface area contributed by atoms with Crippen molar-refractivity contribution in [2.24, 2.45) is 5.73 Å². The van der Waals surface area contributed by atoms with E-state index in [1.807, 2.05) is 0 Å². The topological polar surface area (TPSA) is 64.3 Å². The van der Waals surface area contributed by atoms with Crippen LogP contribution in [0.25, 0.3) is 0 Å². The second kappa shape index (κ2) is 6.32. The van der Waals surface area contributed by atoms with Gasteiger partial charge < -0.3 is 15.8 Å². The van der Waals surface area contributed by atoms with E-state index < -0.39 is 5.82 Å². The van der Waals surface area contributed by atoms with E-state index in [0.717, 1.165) is 0 Å². The Morgan fingerprint density at radius 3 is 2.48 bits per heavy atom. The van der Waals surface area contributed by atoms with E-state index in [1.165, 1.54) is 19.2 Å². The first-order valence-electron chi connectivity index (χ1n) is 6.06. The van der Waals surface area contributed by atoms with Crippen molar-refractivity contribution in [2.75, 3.05) is 12.4 Å². The predicted molar refractivity (Wildman–Crippen MR) is 83.2 cm³/mol. The molecule has 2 aromatic rings. The van der Waals surface area contributed by atoms with Gasteiger partial charge in [-0.05, 0) is 36.4 Å². The van der Waals surface area contributed by atoms with Crippen molar-refractivity contribution in [1.82, 2.24) is 0 Å². The van der Waals surface area contributed by atoms with Gasteiger partial charge in [0.15, 0.2) is 0 Å². The molecule has 0 saturated heterocycles. The molecule has 4 nitrogen and oxygen atoms in total. The van der Waals surface area contributed by atoms with Gasteiger partial charge in [0.1, 0.15) is 16.6 Å². The Labute approximate surface area is 126 Å². The number of anilines is 1. The quantitative estimate of drug-likeness (QED) is 0.853. The van der Waals surface area contributed by atoms with E-state index in [1.54, 1.807) is 30.3 Å². The van der Waals surface area contributed by atoms with Crippen LogP contribution in [0, 0.1) is 5.82 Å². The van der Waals surface area contributed by atoms with Gasteiger partial charge >= 0.3 is 0 Å². The van der Waals surface area contributed by atoms with Crippen molar-refractivity contribution in [2.45, 2.75) is 0 Å². The number of halogens is 1. The number of ether oxygens (including phenoxy) is 1. The van der Waals surface area contributed by atoms with Crippen LogP contribution in [0.15, 0.2) is 42.5 Å². The van der Waals surface area contributed by atoms with E-state index >= 15 is 0 Å². The zero-order valence-electron chi connectivity index (χ0n) is 11.2. The van der Waals surface area contributed by atoms with E-state index in [0.29, 0.717) is 11.3 Å². The van der Waals surface area contributed by atoms with Gasteiger partial charge in [-0.2, -0.15) is 0 Å². The molecule has 0 fully saturated rings. The molecule has 0 saturated carbocycles. The molecule has 0 aliphatic carbocycles. The van der Waals surface area contributed by atoms with Crippen molar-refractivity contribution in [3.8, 4) is 5.75 Å².